The van der Waals surface area contributed by atoms with E-state index in [1.807, 2.05) is 6.92 Å². The fourth-order valence-corrected chi connectivity index (χ4v) is 2.45. The summed E-state index contributed by atoms with van der Waals surface area (Å²) in [6.07, 6.45) is 2.21. The first kappa shape index (κ1) is 11.2. The quantitative estimate of drug-likeness (QED) is 0.503. The first-order chi connectivity index (χ1) is 6.29. The normalized spacial score (nSPS) is 35.3. The highest BCUT2D eigenvalue weighted by atomic mass is 16.5. The van der Waals surface area contributed by atoms with E-state index in [0.717, 1.165) is 19.1 Å². The van der Waals surface area contributed by atoms with Gasteiger partial charge in [0.05, 0.1) is 5.41 Å². The molecule has 2 atom stereocenters. The minimum absolute atomic E-state index is 0.0791. The molecule has 3 nitrogen and oxygen atoms in total. The Morgan fingerprint density at radius 1 is 1.43 bits per heavy atom. The number of carbonyl (C=O) groups is 2. The highest BCUT2D eigenvalue weighted by Crippen LogP contribution is 2.49. The second-order valence-electron chi connectivity index (χ2n) is 5.27. The smallest absolute Gasteiger partial charge is 0.302 e. The van der Waals surface area contributed by atoms with Gasteiger partial charge in [-0.1, -0.05) is 13.8 Å². The maximum Gasteiger partial charge on any atom is 0.302 e. The Morgan fingerprint density at radius 2 is 2.00 bits per heavy atom. The summed E-state index contributed by atoms with van der Waals surface area (Å²) in [4.78, 5) is 21.9. The topological polar surface area (TPSA) is 43.4 Å². The minimum Gasteiger partial charge on any atom is -0.461 e. The van der Waals surface area contributed by atoms with E-state index in [9.17, 15) is 9.59 Å². The molecule has 0 N–H and O–H groups in total. The third-order valence-corrected chi connectivity index (χ3v) is 2.91. The van der Waals surface area contributed by atoms with Crippen LogP contribution in [0.25, 0.3) is 0 Å². The van der Waals surface area contributed by atoms with Crippen molar-refractivity contribution in [1.29, 1.82) is 0 Å². The summed E-state index contributed by atoms with van der Waals surface area (Å²) < 4.78 is 5.18. The molecule has 14 heavy (non-hydrogen) atoms. The van der Waals surface area contributed by atoms with Crippen molar-refractivity contribution in [1.82, 2.24) is 0 Å². The molecule has 0 saturated heterocycles. The van der Waals surface area contributed by atoms with Crippen LogP contribution >= 0.6 is 0 Å². The summed E-state index contributed by atoms with van der Waals surface area (Å²) in [6, 6.07) is 0. The lowest BCUT2D eigenvalue weighted by molar-refractivity contribution is -0.152. The Bertz CT molecular complexity index is 257. The first-order valence-corrected chi connectivity index (χ1v) is 4.93. The van der Waals surface area contributed by atoms with Gasteiger partial charge in [0.15, 0.2) is 0 Å². The molecule has 0 aromatic carbocycles. The molecular formula is C11H18O3. The molecule has 1 aliphatic carbocycles. The van der Waals surface area contributed by atoms with Crippen LogP contribution in [0.5, 0.6) is 0 Å². The van der Waals surface area contributed by atoms with Crippen LogP contribution in [0.1, 0.15) is 40.5 Å². The molecule has 3 heteroatoms. The van der Waals surface area contributed by atoms with Crippen molar-refractivity contribution in [3.63, 3.8) is 0 Å². The van der Waals surface area contributed by atoms with Crippen LogP contribution in [-0.2, 0) is 14.3 Å². The van der Waals surface area contributed by atoms with E-state index in [1.54, 1.807) is 0 Å². The van der Waals surface area contributed by atoms with Gasteiger partial charge < -0.3 is 9.53 Å². The Morgan fingerprint density at radius 3 is 2.43 bits per heavy atom. The lowest BCUT2D eigenvalue weighted by atomic mass is 9.84. The number of ether oxygens (including phenoxy) is 1. The van der Waals surface area contributed by atoms with Crippen molar-refractivity contribution in [3.8, 4) is 0 Å². The van der Waals surface area contributed by atoms with Gasteiger partial charge in [0.1, 0.15) is 12.4 Å². The molecule has 1 fully saturated rings. The van der Waals surface area contributed by atoms with E-state index in [4.69, 9.17) is 4.74 Å². The number of carbonyl (C=O) groups excluding carboxylic acids is 2. The third kappa shape index (κ3) is 2.14. The van der Waals surface area contributed by atoms with E-state index in [-0.39, 0.29) is 17.5 Å². The molecule has 0 spiro atoms. The summed E-state index contributed by atoms with van der Waals surface area (Å²) in [5, 5.41) is 0. The first-order valence-electron chi connectivity index (χ1n) is 4.93. The molecule has 0 amide bonds. The molecule has 80 valence electrons. The fraction of sp³-hybridized carbons (Fsp3) is 0.818. The highest BCUT2D eigenvalue weighted by molar-refractivity contribution is 5.68. The zero-order valence-electron chi connectivity index (χ0n) is 9.29. The molecule has 0 radical (unpaired) electrons. The number of rotatable bonds is 2. The van der Waals surface area contributed by atoms with Crippen molar-refractivity contribution >= 4 is 12.3 Å². The Labute approximate surface area is 84.8 Å². The van der Waals surface area contributed by atoms with E-state index < -0.39 is 5.41 Å². The second kappa shape index (κ2) is 3.37. The Balaban J connectivity index is 2.83. The van der Waals surface area contributed by atoms with Crippen LogP contribution in [0, 0.1) is 10.8 Å². The monoisotopic (exact) mass is 198 g/mol. The van der Waals surface area contributed by atoms with E-state index in [1.165, 1.54) is 6.92 Å². The standard InChI is InChI=1S/C11H18O3/c1-8(13)14-9-5-10(2,3)6-11(9,4)7-12/h7,9H,5-6H2,1-4H3/t9-,11+/m0/s1. The number of hydrogen-bond donors (Lipinski definition) is 0. The summed E-state index contributed by atoms with van der Waals surface area (Å²) >= 11 is 0. The summed E-state index contributed by atoms with van der Waals surface area (Å²) in [5.74, 6) is -0.305. The van der Waals surface area contributed by atoms with Crippen molar-refractivity contribution in [2.24, 2.45) is 10.8 Å². The van der Waals surface area contributed by atoms with Gasteiger partial charge in [-0.2, -0.15) is 0 Å². The van der Waals surface area contributed by atoms with Crippen LogP contribution < -0.4 is 0 Å². The molecular weight excluding hydrogens is 180 g/mol. The van der Waals surface area contributed by atoms with Gasteiger partial charge in [-0.3, -0.25) is 4.79 Å². The molecule has 0 unspecified atom stereocenters. The SMILES string of the molecule is CC(=O)O[C@H]1CC(C)(C)C[C@]1(C)C=O. The van der Waals surface area contributed by atoms with Crippen molar-refractivity contribution < 1.29 is 14.3 Å². The summed E-state index contributed by atoms with van der Waals surface area (Å²) in [6.45, 7) is 7.44. The van der Waals surface area contributed by atoms with Gasteiger partial charge in [0, 0.05) is 6.92 Å². The van der Waals surface area contributed by atoms with Crippen molar-refractivity contribution in [2.75, 3.05) is 0 Å². The van der Waals surface area contributed by atoms with Crippen LogP contribution in [0.15, 0.2) is 0 Å². The van der Waals surface area contributed by atoms with Gasteiger partial charge >= 0.3 is 5.97 Å². The fourth-order valence-electron chi connectivity index (χ4n) is 2.45. The van der Waals surface area contributed by atoms with Crippen LogP contribution in [0.2, 0.25) is 0 Å². The van der Waals surface area contributed by atoms with Gasteiger partial charge in [-0.05, 0) is 25.2 Å². The van der Waals surface area contributed by atoms with Crippen molar-refractivity contribution in [3.05, 3.63) is 0 Å². The zero-order valence-corrected chi connectivity index (χ0v) is 9.29. The highest BCUT2D eigenvalue weighted by Gasteiger charge is 2.49. The summed E-state index contributed by atoms with van der Waals surface area (Å²) in [5.41, 5.74) is -0.426. The summed E-state index contributed by atoms with van der Waals surface area (Å²) in [7, 11) is 0. The maximum absolute atomic E-state index is 11.0. The zero-order chi connectivity index (χ0) is 11.0. The molecule has 1 aliphatic rings. The van der Waals surface area contributed by atoms with Gasteiger partial charge in [0.25, 0.3) is 0 Å². The third-order valence-electron chi connectivity index (χ3n) is 2.91. The minimum atomic E-state index is -0.505. The largest absolute Gasteiger partial charge is 0.461 e. The molecule has 1 rings (SSSR count). The average Bonchev–Trinajstić information content (AvgIpc) is 2.21. The Hall–Kier alpha value is -0.860. The lowest BCUT2D eigenvalue weighted by Gasteiger charge is -2.24. The van der Waals surface area contributed by atoms with E-state index in [2.05, 4.69) is 13.8 Å². The lowest BCUT2D eigenvalue weighted by Crippen LogP contribution is -2.32. The number of aldehydes is 1. The molecule has 0 bridgehead atoms. The molecule has 0 aromatic heterocycles. The maximum atomic E-state index is 11.0. The van der Waals surface area contributed by atoms with Gasteiger partial charge in [-0.15, -0.1) is 0 Å². The van der Waals surface area contributed by atoms with Gasteiger partial charge in [0.2, 0.25) is 0 Å². The molecule has 0 aromatic rings. The van der Waals surface area contributed by atoms with Crippen LogP contribution in [0.3, 0.4) is 0 Å². The number of hydrogen-bond acceptors (Lipinski definition) is 3. The average molecular weight is 198 g/mol. The molecule has 0 aliphatic heterocycles. The Kier molecular flexibility index (Phi) is 2.70. The number of esters is 1. The van der Waals surface area contributed by atoms with Crippen molar-refractivity contribution in [2.45, 2.75) is 46.6 Å². The van der Waals surface area contributed by atoms with E-state index in [0.29, 0.717) is 0 Å². The predicted molar refractivity (Wildman–Crippen MR) is 52.7 cm³/mol. The van der Waals surface area contributed by atoms with Crippen LogP contribution in [0.4, 0.5) is 0 Å². The molecule has 1 saturated carbocycles. The molecule has 0 heterocycles. The van der Waals surface area contributed by atoms with Crippen LogP contribution in [-0.4, -0.2) is 18.4 Å². The van der Waals surface area contributed by atoms with E-state index >= 15 is 0 Å². The van der Waals surface area contributed by atoms with Gasteiger partial charge in [-0.25, -0.2) is 0 Å². The second-order valence-corrected chi connectivity index (χ2v) is 5.27. The predicted octanol–water partition coefficient (Wildman–Crippen LogP) is 1.94.